The second-order valence-corrected chi connectivity index (χ2v) is 2.49. The lowest BCUT2D eigenvalue weighted by Gasteiger charge is -2.00. The second kappa shape index (κ2) is 3.21. The van der Waals surface area contributed by atoms with Crippen LogP contribution in [0.2, 0.25) is 0 Å². The lowest BCUT2D eigenvalue weighted by molar-refractivity contribution is 0.142. The molecule has 4 nitrogen and oxygen atoms in total. The van der Waals surface area contributed by atoms with Gasteiger partial charge in [0.05, 0.1) is 0 Å². The monoisotopic (exact) mass is 167 g/mol. The average Bonchev–Trinajstić information content (AvgIpc) is 1.81. The maximum absolute atomic E-state index is 10.1. The summed E-state index contributed by atoms with van der Waals surface area (Å²) in [5, 5.41) is 8.29. The van der Waals surface area contributed by atoms with Gasteiger partial charge in [0.1, 0.15) is 0 Å². The standard InChI is InChI=1S/C8H9NO3/c1-5-3-6(2)9-7(4-5)12-8(10)11/h3-4H,1-2H3,(H,10,11). The van der Waals surface area contributed by atoms with E-state index in [-0.39, 0.29) is 5.88 Å². The van der Waals surface area contributed by atoms with Crippen molar-refractivity contribution < 1.29 is 14.6 Å². The van der Waals surface area contributed by atoms with Crippen LogP contribution in [-0.2, 0) is 0 Å². The summed E-state index contributed by atoms with van der Waals surface area (Å²) in [6, 6.07) is 3.41. The van der Waals surface area contributed by atoms with Crippen LogP contribution in [0.1, 0.15) is 11.3 Å². The molecule has 0 saturated heterocycles. The maximum atomic E-state index is 10.1. The minimum absolute atomic E-state index is 0.125. The van der Waals surface area contributed by atoms with Crippen LogP contribution < -0.4 is 4.74 Å². The fourth-order valence-electron chi connectivity index (χ4n) is 0.946. The summed E-state index contributed by atoms with van der Waals surface area (Å²) in [5.74, 6) is 0.125. The highest BCUT2D eigenvalue weighted by molar-refractivity contribution is 5.60. The maximum Gasteiger partial charge on any atom is 0.512 e. The molecular weight excluding hydrogens is 158 g/mol. The first kappa shape index (κ1) is 8.52. The number of rotatable bonds is 1. The van der Waals surface area contributed by atoms with Gasteiger partial charge in [-0.2, -0.15) is 0 Å². The Morgan fingerprint density at radius 2 is 2.17 bits per heavy atom. The number of nitrogens with zero attached hydrogens (tertiary/aromatic N) is 1. The minimum Gasteiger partial charge on any atom is -0.449 e. The van der Waals surface area contributed by atoms with Crippen molar-refractivity contribution in [3.05, 3.63) is 23.4 Å². The van der Waals surface area contributed by atoms with E-state index in [1.807, 2.05) is 13.0 Å². The molecule has 1 rings (SSSR count). The molecule has 0 aromatic carbocycles. The van der Waals surface area contributed by atoms with E-state index in [2.05, 4.69) is 9.72 Å². The van der Waals surface area contributed by atoms with Crippen molar-refractivity contribution in [1.82, 2.24) is 4.98 Å². The number of aryl methyl sites for hydroxylation is 2. The van der Waals surface area contributed by atoms with E-state index < -0.39 is 6.16 Å². The molecule has 1 N–H and O–H groups in total. The zero-order valence-corrected chi connectivity index (χ0v) is 6.87. The lowest BCUT2D eigenvalue weighted by Crippen LogP contribution is -2.05. The molecule has 4 heteroatoms. The number of carboxylic acid groups (broad SMARTS) is 1. The molecule has 1 heterocycles. The molecule has 0 aliphatic rings. The molecule has 64 valence electrons. The van der Waals surface area contributed by atoms with Crippen molar-refractivity contribution in [2.45, 2.75) is 13.8 Å². The number of aromatic nitrogens is 1. The van der Waals surface area contributed by atoms with Gasteiger partial charge in [0.25, 0.3) is 0 Å². The molecule has 0 spiro atoms. The van der Waals surface area contributed by atoms with Gasteiger partial charge in [-0.05, 0) is 25.5 Å². The smallest absolute Gasteiger partial charge is 0.449 e. The number of ether oxygens (including phenoxy) is 1. The Bertz CT molecular complexity index is 289. The molecule has 0 atom stereocenters. The second-order valence-electron chi connectivity index (χ2n) is 2.49. The number of carbonyl (C=O) groups is 1. The van der Waals surface area contributed by atoms with Crippen molar-refractivity contribution in [3.8, 4) is 5.88 Å². The molecule has 1 aromatic heterocycles. The van der Waals surface area contributed by atoms with Gasteiger partial charge < -0.3 is 9.84 Å². The molecule has 0 amide bonds. The fourth-order valence-corrected chi connectivity index (χ4v) is 0.946. The topological polar surface area (TPSA) is 59.4 Å². The van der Waals surface area contributed by atoms with Gasteiger partial charge in [-0.1, -0.05) is 0 Å². The largest absolute Gasteiger partial charge is 0.512 e. The van der Waals surface area contributed by atoms with Crippen LogP contribution in [0.5, 0.6) is 5.88 Å². The summed E-state index contributed by atoms with van der Waals surface area (Å²) < 4.78 is 4.38. The van der Waals surface area contributed by atoms with Gasteiger partial charge in [0.2, 0.25) is 5.88 Å². The van der Waals surface area contributed by atoms with Crippen LogP contribution in [0.3, 0.4) is 0 Å². The minimum atomic E-state index is -1.34. The van der Waals surface area contributed by atoms with Crippen molar-refractivity contribution in [2.24, 2.45) is 0 Å². The molecule has 0 unspecified atom stereocenters. The molecule has 0 aliphatic heterocycles. The molecule has 0 fully saturated rings. The average molecular weight is 167 g/mol. The van der Waals surface area contributed by atoms with Crippen LogP contribution in [0.4, 0.5) is 4.79 Å². The van der Waals surface area contributed by atoms with E-state index >= 15 is 0 Å². The first-order chi connectivity index (χ1) is 5.58. The number of pyridine rings is 1. The van der Waals surface area contributed by atoms with E-state index in [9.17, 15) is 4.79 Å². The summed E-state index contributed by atoms with van der Waals surface area (Å²) in [6.07, 6.45) is -1.34. The Balaban J connectivity index is 2.93. The summed E-state index contributed by atoms with van der Waals surface area (Å²) in [4.78, 5) is 14.0. The van der Waals surface area contributed by atoms with Crippen molar-refractivity contribution >= 4 is 6.16 Å². The molecule has 0 radical (unpaired) electrons. The first-order valence-electron chi connectivity index (χ1n) is 3.44. The highest BCUT2D eigenvalue weighted by Gasteiger charge is 2.02. The summed E-state index contributed by atoms with van der Waals surface area (Å²) >= 11 is 0. The molecular formula is C8H9NO3. The fraction of sp³-hybridized carbons (Fsp3) is 0.250. The zero-order chi connectivity index (χ0) is 9.14. The van der Waals surface area contributed by atoms with Crippen molar-refractivity contribution in [1.29, 1.82) is 0 Å². The van der Waals surface area contributed by atoms with E-state index in [1.165, 1.54) is 0 Å². The molecule has 1 aromatic rings. The zero-order valence-electron chi connectivity index (χ0n) is 6.87. The number of hydrogen-bond donors (Lipinski definition) is 1. The third kappa shape index (κ3) is 2.23. The van der Waals surface area contributed by atoms with Gasteiger partial charge >= 0.3 is 6.16 Å². The Morgan fingerprint density at radius 3 is 2.67 bits per heavy atom. The van der Waals surface area contributed by atoms with Crippen molar-refractivity contribution in [2.75, 3.05) is 0 Å². The lowest BCUT2D eigenvalue weighted by atomic mass is 10.2. The van der Waals surface area contributed by atoms with Gasteiger partial charge in [0, 0.05) is 11.8 Å². The first-order valence-corrected chi connectivity index (χ1v) is 3.44. The van der Waals surface area contributed by atoms with Gasteiger partial charge in [-0.25, -0.2) is 9.78 Å². The highest BCUT2D eigenvalue weighted by Crippen LogP contribution is 2.11. The summed E-state index contributed by atoms with van der Waals surface area (Å²) in [5.41, 5.74) is 1.67. The molecule has 12 heavy (non-hydrogen) atoms. The SMILES string of the molecule is Cc1cc(C)nc(OC(=O)O)c1. The molecule has 0 bridgehead atoms. The van der Waals surface area contributed by atoms with E-state index in [0.717, 1.165) is 11.3 Å². The Hall–Kier alpha value is -1.58. The van der Waals surface area contributed by atoms with E-state index in [4.69, 9.17) is 5.11 Å². The third-order valence-electron chi connectivity index (χ3n) is 1.27. The van der Waals surface area contributed by atoms with Crippen LogP contribution in [-0.4, -0.2) is 16.2 Å². The van der Waals surface area contributed by atoms with Gasteiger partial charge in [0.15, 0.2) is 0 Å². The highest BCUT2D eigenvalue weighted by atomic mass is 16.7. The predicted octanol–water partition coefficient (Wildman–Crippen LogP) is 1.76. The number of hydrogen-bond acceptors (Lipinski definition) is 3. The van der Waals surface area contributed by atoms with E-state index in [1.54, 1.807) is 13.0 Å². The Labute approximate surface area is 69.8 Å². The van der Waals surface area contributed by atoms with Gasteiger partial charge in [-0.3, -0.25) is 0 Å². The quantitative estimate of drug-likeness (QED) is 0.647. The summed E-state index contributed by atoms with van der Waals surface area (Å²) in [7, 11) is 0. The van der Waals surface area contributed by atoms with Crippen molar-refractivity contribution in [3.63, 3.8) is 0 Å². The van der Waals surface area contributed by atoms with Crippen LogP contribution in [0.25, 0.3) is 0 Å². The van der Waals surface area contributed by atoms with Crippen LogP contribution >= 0.6 is 0 Å². The third-order valence-corrected chi connectivity index (χ3v) is 1.27. The Kier molecular flexibility index (Phi) is 2.28. The van der Waals surface area contributed by atoms with Crippen LogP contribution in [0.15, 0.2) is 12.1 Å². The normalized spacial score (nSPS) is 9.50. The molecule has 0 saturated carbocycles. The van der Waals surface area contributed by atoms with Gasteiger partial charge in [-0.15, -0.1) is 0 Å². The summed E-state index contributed by atoms with van der Waals surface area (Å²) in [6.45, 7) is 3.63. The van der Waals surface area contributed by atoms with Crippen LogP contribution in [0, 0.1) is 13.8 Å². The molecule has 0 aliphatic carbocycles. The predicted molar refractivity (Wildman–Crippen MR) is 42.4 cm³/mol. The van der Waals surface area contributed by atoms with E-state index in [0.29, 0.717) is 0 Å². The Morgan fingerprint density at radius 1 is 1.50 bits per heavy atom.